The van der Waals surface area contributed by atoms with Crippen LogP contribution in [0.15, 0.2) is 23.1 Å². The van der Waals surface area contributed by atoms with Crippen molar-refractivity contribution in [2.75, 3.05) is 18.2 Å². The zero-order chi connectivity index (χ0) is 9.97. The van der Waals surface area contributed by atoms with E-state index in [0.29, 0.717) is 0 Å². The van der Waals surface area contributed by atoms with Crippen molar-refractivity contribution < 1.29 is 5.11 Å². The summed E-state index contributed by atoms with van der Waals surface area (Å²) in [5, 5.41) is 12.4. The highest BCUT2D eigenvalue weighted by Crippen LogP contribution is 2.28. The number of benzene rings is 1. The molecule has 2 nitrogen and oxygen atoms in total. The highest BCUT2D eigenvalue weighted by Gasteiger charge is 2.16. The van der Waals surface area contributed by atoms with Gasteiger partial charge in [0.05, 0.1) is 6.61 Å². The Morgan fingerprint density at radius 3 is 3.14 bits per heavy atom. The standard InChI is InChI=1S/C11H15NOS/c1-14-10-4-5-11-8(6-10)2-3-9(7-13)12-11/h4-6,9,12-13H,2-3,7H2,1H3/t9-/m0/s1. The van der Waals surface area contributed by atoms with Gasteiger partial charge >= 0.3 is 0 Å². The van der Waals surface area contributed by atoms with Gasteiger partial charge in [0.15, 0.2) is 0 Å². The van der Waals surface area contributed by atoms with Crippen LogP contribution in [0.2, 0.25) is 0 Å². The molecule has 1 atom stereocenters. The predicted octanol–water partition coefficient (Wildman–Crippen LogP) is 2.13. The Balaban J connectivity index is 2.23. The molecule has 0 aromatic heterocycles. The van der Waals surface area contributed by atoms with Gasteiger partial charge in [0, 0.05) is 16.6 Å². The highest BCUT2D eigenvalue weighted by atomic mass is 32.2. The van der Waals surface area contributed by atoms with Crippen molar-refractivity contribution in [1.82, 2.24) is 0 Å². The first-order valence-electron chi connectivity index (χ1n) is 4.88. The van der Waals surface area contributed by atoms with Crippen molar-refractivity contribution in [3.05, 3.63) is 23.8 Å². The van der Waals surface area contributed by atoms with Gasteiger partial charge in [-0.1, -0.05) is 0 Å². The lowest BCUT2D eigenvalue weighted by molar-refractivity contribution is 0.267. The monoisotopic (exact) mass is 209 g/mol. The van der Waals surface area contributed by atoms with Gasteiger partial charge < -0.3 is 10.4 Å². The second-order valence-corrected chi connectivity index (χ2v) is 4.47. The summed E-state index contributed by atoms with van der Waals surface area (Å²) < 4.78 is 0. The van der Waals surface area contributed by atoms with E-state index < -0.39 is 0 Å². The number of anilines is 1. The molecule has 2 N–H and O–H groups in total. The smallest absolute Gasteiger partial charge is 0.0632 e. The highest BCUT2D eigenvalue weighted by molar-refractivity contribution is 7.98. The molecule has 1 heterocycles. The Labute approximate surface area is 88.7 Å². The molecule has 0 spiro atoms. The van der Waals surface area contributed by atoms with Crippen LogP contribution in [0.5, 0.6) is 0 Å². The van der Waals surface area contributed by atoms with Crippen LogP contribution in [-0.4, -0.2) is 24.0 Å². The van der Waals surface area contributed by atoms with Crippen molar-refractivity contribution in [3.63, 3.8) is 0 Å². The zero-order valence-electron chi connectivity index (χ0n) is 8.29. The number of rotatable bonds is 2. The summed E-state index contributed by atoms with van der Waals surface area (Å²) in [6.07, 6.45) is 4.19. The number of fused-ring (bicyclic) bond motifs is 1. The van der Waals surface area contributed by atoms with Crippen LogP contribution in [0.1, 0.15) is 12.0 Å². The molecule has 0 saturated carbocycles. The van der Waals surface area contributed by atoms with E-state index in [-0.39, 0.29) is 12.6 Å². The molecule has 0 aliphatic carbocycles. The summed E-state index contributed by atoms with van der Waals surface area (Å²) in [6, 6.07) is 6.71. The third-order valence-corrected chi connectivity index (χ3v) is 3.38. The first-order valence-corrected chi connectivity index (χ1v) is 6.10. The van der Waals surface area contributed by atoms with Gasteiger partial charge in [-0.2, -0.15) is 0 Å². The fourth-order valence-electron chi connectivity index (χ4n) is 1.80. The predicted molar refractivity (Wildman–Crippen MR) is 61.0 cm³/mol. The topological polar surface area (TPSA) is 32.3 Å². The molecular weight excluding hydrogens is 194 g/mol. The summed E-state index contributed by atoms with van der Waals surface area (Å²) in [5.74, 6) is 0. The van der Waals surface area contributed by atoms with Gasteiger partial charge in [-0.25, -0.2) is 0 Å². The number of hydrogen-bond acceptors (Lipinski definition) is 3. The molecule has 3 heteroatoms. The summed E-state index contributed by atoms with van der Waals surface area (Å²) in [6.45, 7) is 0.226. The SMILES string of the molecule is CSc1ccc2c(c1)CC[C@@H](CO)N2. The molecule has 1 aliphatic heterocycles. The minimum atomic E-state index is 0.226. The minimum absolute atomic E-state index is 0.226. The number of aryl methyl sites for hydroxylation is 1. The summed E-state index contributed by atoms with van der Waals surface area (Å²) in [5.41, 5.74) is 2.56. The first kappa shape index (κ1) is 9.87. The van der Waals surface area contributed by atoms with Gasteiger partial charge in [-0.3, -0.25) is 0 Å². The van der Waals surface area contributed by atoms with Gasteiger partial charge in [0.2, 0.25) is 0 Å². The van der Waals surface area contributed by atoms with Crippen LogP contribution >= 0.6 is 11.8 Å². The molecule has 76 valence electrons. The Morgan fingerprint density at radius 1 is 1.57 bits per heavy atom. The maximum atomic E-state index is 9.05. The molecule has 1 aromatic carbocycles. The molecule has 0 bridgehead atoms. The lowest BCUT2D eigenvalue weighted by Gasteiger charge is -2.25. The molecule has 0 fully saturated rings. The van der Waals surface area contributed by atoms with Crippen molar-refractivity contribution in [2.24, 2.45) is 0 Å². The van der Waals surface area contributed by atoms with Crippen LogP contribution in [0, 0.1) is 0 Å². The lowest BCUT2D eigenvalue weighted by Crippen LogP contribution is -2.28. The third kappa shape index (κ3) is 1.88. The van der Waals surface area contributed by atoms with Gasteiger partial charge in [-0.05, 0) is 42.9 Å². The van der Waals surface area contributed by atoms with Crippen molar-refractivity contribution in [2.45, 2.75) is 23.8 Å². The van der Waals surface area contributed by atoms with Crippen molar-refractivity contribution >= 4 is 17.4 Å². The average molecular weight is 209 g/mol. The molecule has 0 radical (unpaired) electrons. The molecule has 2 rings (SSSR count). The Hall–Kier alpha value is -0.670. The van der Waals surface area contributed by atoms with E-state index in [9.17, 15) is 0 Å². The van der Waals surface area contributed by atoms with Crippen LogP contribution in [0.3, 0.4) is 0 Å². The third-order valence-electron chi connectivity index (χ3n) is 2.65. The molecule has 1 aromatic rings. The van der Waals surface area contributed by atoms with Crippen LogP contribution in [0.4, 0.5) is 5.69 Å². The van der Waals surface area contributed by atoms with Crippen LogP contribution in [0.25, 0.3) is 0 Å². The van der Waals surface area contributed by atoms with Crippen molar-refractivity contribution in [3.8, 4) is 0 Å². The Kier molecular flexibility index (Phi) is 2.99. The van der Waals surface area contributed by atoms with Gasteiger partial charge in [-0.15, -0.1) is 11.8 Å². The normalized spacial score (nSPS) is 20.0. The van der Waals surface area contributed by atoms with E-state index in [1.165, 1.54) is 16.1 Å². The number of aliphatic hydroxyl groups excluding tert-OH is 1. The molecule has 0 unspecified atom stereocenters. The van der Waals surface area contributed by atoms with Crippen molar-refractivity contribution in [1.29, 1.82) is 0 Å². The van der Waals surface area contributed by atoms with E-state index in [2.05, 4.69) is 29.8 Å². The largest absolute Gasteiger partial charge is 0.394 e. The number of aliphatic hydroxyl groups is 1. The lowest BCUT2D eigenvalue weighted by atomic mass is 9.99. The van der Waals surface area contributed by atoms with Gasteiger partial charge in [0.25, 0.3) is 0 Å². The maximum absolute atomic E-state index is 9.05. The van der Waals surface area contributed by atoms with E-state index >= 15 is 0 Å². The molecule has 14 heavy (non-hydrogen) atoms. The number of hydrogen-bond donors (Lipinski definition) is 2. The minimum Gasteiger partial charge on any atom is -0.394 e. The fourth-order valence-corrected chi connectivity index (χ4v) is 2.27. The van der Waals surface area contributed by atoms with E-state index in [4.69, 9.17) is 5.11 Å². The van der Waals surface area contributed by atoms with E-state index in [1.54, 1.807) is 11.8 Å². The Morgan fingerprint density at radius 2 is 2.43 bits per heavy atom. The van der Waals surface area contributed by atoms with E-state index in [1.807, 2.05) is 0 Å². The van der Waals surface area contributed by atoms with Crippen LogP contribution < -0.4 is 5.32 Å². The maximum Gasteiger partial charge on any atom is 0.0632 e. The van der Waals surface area contributed by atoms with Crippen LogP contribution in [-0.2, 0) is 6.42 Å². The summed E-state index contributed by atoms with van der Waals surface area (Å²) in [4.78, 5) is 1.31. The Bertz CT molecular complexity index is 327. The molecule has 0 saturated heterocycles. The molecular formula is C11H15NOS. The number of nitrogens with one attached hydrogen (secondary N) is 1. The molecule has 1 aliphatic rings. The molecule has 0 amide bonds. The van der Waals surface area contributed by atoms with Gasteiger partial charge in [0.1, 0.15) is 0 Å². The average Bonchev–Trinajstić information content (AvgIpc) is 2.27. The second-order valence-electron chi connectivity index (χ2n) is 3.59. The second kappa shape index (κ2) is 4.24. The zero-order valence-corrected chi connectivity index (χ0v) is 9.10. The summed E-state index contributed by atoms with van der Waals surface area (Å²) >= 11 is 1.77. The first-order chi connectivity index (χ1) is 6.83. The quantitative estimate of drug-likeness (QED) is 0.732. The number of thioether (sulfide) groups is 1. The summed E-state index contributed by atoms with van der Waals surface area (Å²) in [7, 11) is 0. The fraction of sp³-hybridized carbons (Fsp3) is 0.455. The van der Waals surface area contributed by atoms with E-state index in [0.717, 1.165) is 12.8 Å².